The molecule has 2 aromatic heterocycles. The summed E-state index contributed by atoms with van der Waals surface area (Å²) in [7, 11) is 0. The number of nitrogens with two attached hydrogens (primary N) is 1. The highest BCUT2D eigenvalue weighted by atomic mass is 35.5. The van der Waals surface area contributed by atoms with Crippen LogP contribution < -0.4 is 5.73 Å². The molecular weight excluding hydrogens is 246 g/mol. The van der Waals surface area contributed by atoms with Crippen molar-refractivity contribution in [3.63, 3.8) is 0 Å². The quantitative estimate of drug-likeness (QED) is 0.724. The summed E-state index contributed by atoms with van der Waals surface area (Å²) in [6, 6.07) is 11.7. The molecule has 18 heavy (non-hydrogen) atoms. The molecule has 0 radical (unpaired) electrons. The van der Waals surface area contributed by atoms with Gasteiger partial charge in [-0.25, -0.2) is 4.98 Å². The molecule has 0 aliphatic rings. The Hall–Kier alpha value is -2.13. The van der Waals surface area contributed by atoms with Crippen LogP contribution in [0.4, 0.5) is 5.82 Å². The van der Waals surface area contributed by atoms with Gasteiger partial charge in [-0.1, -0.05) is 23.7 Å². The van der Waals surface area contributed by atoms with Crippen molar-refractivity contribution in [3.05, 3.63) is 53.8 Å². The van der Waals surface area contributed by atoms with E-state index in [1.54, 1.807) is 12.4 Å². The minimum absolute atomic E-state index is 0.475. The molecule has 3 rings (SSSR count). The lowest BCUT2D eigenvalue weighted by Gasteiger charge is -2.06. The Balaban J connectivity index is 2.22. The van der Waals surface area contributed by atoms with Crippen LogP contribution in [0.15, 0.2) is 48.8 Å². The lowest BCUT2D eigenvalue weighted by molar-refractivity contribution is 1.34. The molecule has 0 aliphatic carbocycles. The van der Waals surface area contributed by atoms with Crippen molar-refractivity contribution >= 4 is 28.3 Å². The van der Waals surface area contributed by atoms with E-state index in [4.69, 9.17) is 17.3 Å². The molecule has 1 aromatic carbocycles. The number of benzene rings is 1. The minimum atomic E-state index is 0.475. The molecule has 0 bridgehead atoms. The number of hydrogen-bond acceptors (Lipinski definition) is 3. The maximum absolute atomic E-state index is 5.95. The zero-order chi connectivity index (χ0) is 12.5. The van der Waals surface area contributed by atoms with Crippen molar-refractivity contribution < 1.29 is 0 Å². The van der Waals surface area contributed by atoms with Gasteiger partial charge in [0.1, 0.15) is 5.82 Å². The van der Waals surface area contributed by atoms with Gasteiger partial charge in [0.2, 0.25) is 0 Å². The van der Waals surface area contributed by atoms with Gasteiger partial charge < -0.3 is 5.73 Å². The van der Waals surface area contributed by atoms with Crippen LogP contribution in [0.2, 0.25) is 5.02 Å². The van der Waals surface area contributed by atoms with Crippen LogP contribution in [0, 0.1) is 0 Å². The van der Waals surface area contributed by atoms with Crippen LogP contribution in [0.3, 0.4) is 0 Å². The van der Waals surface area contributed by atoms with E-state index in [1.807, 2.05) is 36.4 Å². The normalized spacial score (nSPS) is 10.7. The van der Waals surface area contributed by atoms with E-state index in [0.717, 1.165) is 22.0 Å². The summed E-state index contributed by atoms with van der Waals surface area (Å²) in [5, 5.41) is 1.64. The van der Waals surface area contributed by atoms with Gasteiger partial charge in [0.25, 0.3) is 0 Å². The van der Waals surface area contributed by atoms with Crippen LogP contribution in [-0.4, -0.2) is 9.97 Å². The van der Waals surface area contributed by atoms with Crippen molar-refractivity contribution in [3.8, 4) is 11.1 Å². The number of hydrogen-bond donors (Lipinski definition) is 1. The number of aromatic nitrogens is 2. The third-order valence-electron chi connectivity index (χ3n) is 2.80. The maximum Gasteiger partial charge on any atom is 0.131 e. The highest BCUT2D eigenvalue weighted by Crippen LogP contribution is 2.29. The minimum Gasteiger partial charge on any atom is -0.383 e. The van der Waals surface area contributed by atoms with Crippen LogP contribution in [-0.2, 0) is 0 Å². The number of fused-ring (bicyclic) bond motifs is 1. The van der Waals surface area contributed by atoms with E-state index >= 15 is 0 Å². The summed E-state index contributed by atoms with van der Waals surface area (Å²) >= 11 is 5.95. The van der Waals surface area contributed by atoms with Crippen molar-refractivity contribution in [2.45, 2.75) is 0 Å². The average molecular weight is 256 g/mol. The lowest BCUT2D eigenvalue weighted by atomic mass is 10.0. The average Bonchev–Trinajstić information content (AvgIpc) is 2.41. The summed E-state index contributed by atoms with van der Waals surface area (Å²) in [4.78, 5) is 8.35. The topological polar surface area (TPSA) is 51.8 Å². The second-order valence-corrected chi connectivity index (χ2v) is 4.43. The second kappa shape index (κ2) is 4.27. The number of rotatable bonds is 1. The molecule has 0 saturated heterocycles. The summed E-state index contributed by atoms with van der Waals surface area (Å²) < 4.78 is 0. The van der Waals surface area contributed by atoms with Gasteiger partial charge in [0.15, 0.2) is 0 Å². The van der Waals surface area contributed by atoms with E-state index in [2.05, 4.69) is 9.97 Å². The predicted octanol–water partition coefficient (Wildman–Crippen LogP) is 3.53. The van der Waals surface area contributed by atoms with Crippen LogP contribution >= 0.6 is 11.6 Å². The Morgan fingerprint density at radius 1 is 1.06 bits per heavy atom. The summed E-state index contributed by atoms with van der Waals surface area (Å²) in [6.07, 6.45) is 3.32. The molecule has 0 fully saturated rings. The van der Waals surface area contributed by atoms with Gasteiger partial charge in [-0.15, -0.1) is 0 Å². The van der Waals surface area contributed by atoms with Crippen LogP contribution in [0.5, 0.6) is 0 Å². The lowest BCUT2D eigenvalue weighted by Crippen LogP contribution is -1.93. The fraction of sp³-hybridized carbons (Fsp3) is 0. The molecule has 0 unspecified atom stereocenters. The van der Waals surface area contributed by atoms with E-state index < -0.39 is 0 Å². The summed E-state index contributed by atoms with van der Waals surface area (Å²) in [6.45, 7) is 0. The highest BCUT2D eigenvalue weighted by molar-refractivity contribution is 6.30. The molecule has 0 saturated carbocycles. The van der Waals surface area contributed by atoms with Gasteiger partial charge in [-0.2, -0.15) is 0 Å². The zero-order valence-corrected chi connectivity index (χ0v) is 10.2. The number of anilines is 1. The molecular formula is C14H10ClN3. The van der Waals surface area contributed by atoms with Crippen LogP contribution in [0.25, 0.3) is 22.0 Å². The molecule has 0 spiro atoms. The first-order chi connectivity index (χ1) is 8.74. The third-order valence-corrected chi connectivity index (χ3v) is 3.01. The van der Waals surface area contributed by atoms with Crippen molar-refractivity contribution in [2.75, 3.05) is 5.73 Å². The van der Waals surface area contributed by atoms with Gasteiger partial charge in [0.05, 0.1) is 10.5 Å². The van der Waals surface area contributed by atoms with E-state index in [1.165, 1.54) is 0 Å². The van der Waals surface area contributed by atoms with Gasteiger partial charge in [0, 0.05) is 23.3 Å². The first-order valence-electron chi connectivity index (χ1n) is 5.50. The number of nitrogen functional groups attached to an aromatic ring is 1. The molecule has 3 aromatic rings. The van der Waals surface area contributed by atoms with Crippen molar-refractivity contribution in [1.29, 1.82) is 0 Å². The molecule has 2 heterocycles. The Labute approximate surface area is 109 Å². The summed E-state index contributed by atoms with van der Waals surface area (Å²) in [5.74, 6) is 0.475. The standard InChI is InChI=1S/C14H10ClN3/c15-11-7-12(14(16)18-8-11)9-3-4-13-10(6-9)2-1-5-17-13/h1-8H,(H2,16,18). The van der Waals surface area contributed by atoms with E-state index in [0.29, 0.717) is 10.8 Å². The smallest absolute Gasteiger partial charge is 0.131 e. The van der Waals surface area contributed by atoms with Gasteiger partial charge in [-0.05, 0) is 29.8 Å². The van der Waals surface area contributed by atoms with Gasteiger partial charge in [-0.3, -0.25) is 4.98 Å². The monoisotopic (exact) mass is 255 g/mol. The van der Waals surface area contributed by atoms with Crippen molar-refractivity contribution in [1.82, 2.24) is 9.97 Å². The second-order valence-electron chi connectivity index (χ2n) is 4.00. The number of halogens is 1. The highest BCUT2D eigenvalue weighted by Gasteiger charge is 2.06. The Morgan fingerprint density at radius 3 is 2.83 bits per heavy atom. The van der Waals surface area contributed by atoms with E-state index in [9.17, 15) is 0 Å². The third kappa shape index (κ3) is 1.89. The molecule has 0 aliphatic heterocycles. The van der Waals surface area contributed by atoms with E-state index in [-0.39, 0.29) is 0 Å². The van der Waals surface area contributed by atoms with Crippen LogP contribution in [0.1, 0.15) is 0 Å². The Kier molecular flexibility index (Phi) is 2.61. The first kappa shape index (κ1) is 11.0. The number of pyridine rings is 2. The van der Waals surface area contributed by atoms with Crippen molar-refractivity contribution in [2.24, 2.45) is 0 Å². The molecule has 0 atom stereocenters. The molecule has 3 nitrogen and oxygen atoms in total. The Bertz CT molecular complexity index is 725. The molecule has 88 valence electrons. The molecule has 4 heteroatoms. The SMILES string of the molecule is Nc1ncc(Cl)cc1-c1ccc2ncccc2c1. The molecule has 0 amide bonds. The predicted molar refractivity (Wildman–Crippen MR) is 74.4 cm³/mol. The maximum atomic E-state index is 5.95. The summed E-state index contributed by atoms with van der Waals surface area (Å²) in [5.41, 5.74) is 8.66. The van der Waals surface area contributed by atoms with Gasteiger partial charge >= 0.3 is 0 Å². The number of nitrogens with zero attached hydrogens (tertiary/aromatic N) is 2. The fourth-order valence-electron chi connectivity index (χ4n) is 1.92. The fourth-order valence-corrected chi connectivity index (χ4v) is 2.08. The zero-order valence-electron chi connectivity index (χ0n) is 9.47. The molecule has 2 N–H and O–H groups in total. The Morgan fingerprint density at radius 2 is 1.94 bits per heavy atom. The largest absolute Gasteiger partial charge is 0.383 e. The first-order valence-corrected chi connectivity index (χ1v) is 5.88.